The molecule has 0 spiro atoms. The fraction of sp³-hybridized carbons (Fsp3) is 0.400. The van der Waals surface area contributed by atoms with E-state index in [1.165, 1.54) is 6.07 Å². The van der Waals surface area contributed by atoms with Crippen LogP contribution < -0.4 is 5.73 Å². The molecule has 0 saturated heterocycles. The first-order valence-electron chi connectivity index (χ1n) is 4.48. The molecule has 1 atom stereocenters. The molecule has 0 aliphatic carbocycles. The van der Waals surface area contributed by atoms with Crippen molar-refractivity contribution >= 4 is 0 Å². The zero-order chi connectivity index (χ0) is 11.8. The number of alkyl halides is 1. The molecule has 0 aliphatic heterocycles. The van der Waals surface area contributed by atoms with Gasteiger partial charge in [-0.3, -0.25) is 10.1 Å². The van der Waals surface area contributed by atoms with Crippen molar-refractivity contribution in [2.24, 2.45) is 5.73 Å². The number of hydrogen-bond acceptors (Lipinski definition) is 3. The van der Waals surface area contributed by atoms with Crippen molar-refractivity contribution in [2.45, 2.75) is 26.7 Å². The third kappa shape index (κ3) is 1.83. The van der Waals surface area contributed by atoms with E-state index in [0.717, 1.165) is 11.1 Å². The number of nitrogens with two attached hydrogens (primary N) is 1. The molecule has 0 fully saturated rings. The minimum atomic E-state index is -3.01. The summed E-state index contributed by atoms with van der Waals surface area (Å²) in [5.74, 6) is -3.01. The molecule has 0 amide bonds. The summed E-state index contributed by atoms with van der Waals surface area (Å²) in [6.45, 7) is 5.27. The number of nitro groups is 1. The van der Waals surface area contributed by atoms with Gasteiger partial charge in [0.15, 0.2) is 0 Å². The Morgan fingerprint density at radius 2 is 1.87 bits per heavy atom. The lowest BCUT2D eigenvalue weighted by Gasteiger charge is -2.16. The smallest absolute Gasteiger partial charge is 0.260 e. The molecular formula is C10H13FN2O2. The monoisotopic (exact) mass is 212 g/mol. The second-order valence-electron chi connectivity index (χ2n) is 3.61. The molecular weight excluding hydrogens is 199 g/mol. The van der Waals surface area contributed by atoms with Crippen LogP contribution in [0.4, 0.5) is 4.39 Å². The third-order valence-electron chi connectivity index (χ3n) is 2.70. The standard InChI is InChI=1S/C10H13FN2O2/c1-6-4-5-9(8(3)7(6)2)10(11,12)13(14)15/h4-5H,12H2,1-3H3. The van der Waals surface area contributed by atoms with Crippen molar-refractivity contribution < 1.29 is 9.31 Å². The Bertz CT molecular complexity index is 416. The lowest BCUT2D eigenvalue weighted by Crippen LogP contribution is -2.40. The lowest BCUT2D eigenvalue weighted by atomic mass is 9.97. The molecule has 1 aromatic carbocycles. The van der Waals surface area contributed by atoms with Crippen LogP contribution >= 0.6 is 0 Å². The summed E-state index contributed by atoms with van der Waals surface area (Å²) in [5.41, 5.74) is 7.25. The molecule has 0 radical (unpaired) electrons. The van der Waals surface area contributed by atoms with Crippen molar-refractivity contribution in [1.82, 2.24) is 0 Å². The lowest BCUT2D eigenvalue weighted by molar-refractivity contribution is -0.615. The van der Waals surface area contributed by atoms with Crippen LogP contribution in [0.5, 0.6) is 0 Å². The SMILES string of the molecule is Cc1ccc(C(N)(F)[N+](=O)[O-])c(C)c1C. The van der Waals surface area contributed by atoms with E-state index < -0.39 is 10.8 Å². The van der Waals surface area contributed by atoms with E-state index in [9.17, 15) is 14.5 Å². The van der Waals surface area contributed by atoms with Crippen molar-refractivity contribution in [3.8, 4) is 0 Å². The molecule has 5 heteroatoms. The normalized spacial score (nSPS) is 14.7. The van der Waals surface area contributed by atoms with Gasteiger partial charge in [-0.2, -0.15) is 0 Å². The number of aryl methyl sites for hydroxylation is 1. The average Bonchev–Trinajstić information content (AvgIpc) is 2.13. The molecule has 0 heterocycles. The first-order valence-corrected chi connectivity index (χ1v) is 4.48. The fourth-order valence-corrected chi connectivity index (χ4v) is 1.43. The molecule has 1 rings (SSSR count). The van der Waals surface area contributed by atoms with Gasteiger partial charge in [-0.25, -0.2) is 5.73 Å². The molecule has 15 heavy (non-hydrogen) atoms. The van der Waals surface area contributed by atoms with Crippen molar-refractivity contribution in [3.63, 3.8) is 0 Å². The molecule has 4 nitrogen and oxygen atoms in total. The predicted molar refractivity (Wildman–Crippen MR) is 54.6 cm³/mol. The van der Waals surface area contributed by atoms with Crippen LogP contribution in [0, 0.1) is 30.9 Å². The summed E-state index contributed by atoms with van der Waals surface area (Å²) in [7, 11) is 0. The summed E-state index contributed by atoms with van der Waals surface area (Å²) in [4.78, 5) is 9.35. The zero-order valence-electron chi connectivity index (χ0n) is 8.87. The van der Waals surface area contributed by atoms with Gasteiger partial charge >= 0.3 is 5.92 Å². The third-order valence-corrected chi connectivity index (χ3v) is 2.70. The predicted octanol–water partition coefficient (Wildman–Crippen LogP) is 1.93. The van der Waals surface area contributed by atoms with E-state index in [0.29, 0.717) is 5.56 Å². The van der Waals surface area contributed by atoms with E-state index in [4.69, 9.17) is 5.73 Å². The van der Waals surface area contributed by atoms with Gasteiger partial charge in [-0.05, 0) is 43.5 Å². The highest BCUT2D eigenvalue weighted by atomic mass is 19.2. The highest BCUT2D eigenvalue weighted by Gasteiger charge is 2.42. The fourth-order valence-electron chi connectivity index (χ4n) is 1.43. The number of hydrogen-bond donors (Lipinski definition) is 1. The second kappa shape index (κ2) is 3.58. The summed E-state index contributed by atoms with van der Waals surface area (Å²) < 4.78 is 13.6. The van der Waals surface area contributed by atoms with Crippen molar-refractivity contribution in [1.29, 1.82) is 0 Å². The Balaban J connectivity index is 3.40. The molecule has 2 N–H and O–H groups in total. The Kier molecular flexibility index (Phi) is 2.77. The second-order valence-corrected chi connectivity index (χ2v) is 3.61. The molecule has 0 saturated carbocycles. The minimum absolute atomic E-state index is 0.0874. The highest BCUT2D eigenvalue weighted by Crippen LogP contribution is 2.27. The zero-order valence-corrected chi connectivity index (χ0v) is 8.87. The van der Waals surface area contributed by atoms with Crippen LogP contribution in [-0.2, 0) is 5.92 Å². The van der Waals surface area contributed by atoms with E-state index >= 15 is 0 Å². The largest absolute Gasteiger partial charge is 0.444 e. The van der Waals surface area contributed by atoms with Crippen LogP contribution in [0.3, 0.4) is 0 Å². The van der Waals surface area contributed by atoms with E-state index in [-0.39, 0.29) is 5.56 Å². The van der Waals surface area contributed by atoms with Crippen LogP contribution in [0.25, 0.3) is 0 Å². The Morgan fingerprint density at radius 1 is 1.33 bits per heavy atom. The van der Waals surface area contributed by atoms with Crippen molar-refractivity contribution in [3.05, 3.63) is 44.5 Å². The minimum Gasteiger partial charge on any atom is -0.260 e. The quantitative estimate of drug-likeness (QED) is 0.352. The first-order chi connectivity index (χ1) is 6.78. The van der Waals surface area contributed by atoms with Crippen molar-refractivity contribution in [2.75, 3.05) is 0 Å². The maximum atomic E-state index is 13.6. The van der Waals surface area contributed by atoms with Crippen LogP contribution in [0.15, 0.2) is 12.1 Å². The molecule has 82 valence electrons. The Hall–Kier alpha value is -1.49. The maximum Gasteiger partial charge on any atom is 0.444 e. The van der Waals surface area contributed by atoms with Gasteiger partial charge in [-0.15, -0.1) is 4.39 Å². The van der Waals surface area contributed by atoms with Gasteiger partial charge in [0.25, 0.3) is 0 Å². The van der Waals surface area contributed by atoms with Gasteiger partial charge in [0, 0.05) is 0 Å². The summed E-state index contributed by atoms with van der Waals surface area (Å²) in [5, 5.41) is 10.5. The highest BCUT2D eigenvalue weighted by molar-refractivity contribution is 5.40. The van der Waals surface area contributed by atoms with Gasteiger partial charge in [-0.1, -0.05) is 6.07 Å². The molecule has 0 aromatic heterocycles. The van der Waals surface area contributed by atoms with E-state index in [1.54, 1.807) is 19.9 Å². The van der Waals surface area contributed by atoms with Crippen LogP contribution in [-0.4, -0.2) is 4.92 Å². The van der Waals surface area contributed by atoms with Gasteiger partial charge < -0.3 is 0 Å². The number of halogens is 1. The summed E-state index contributed by atoms with van der Waals surface area (Å²) in [6.07, 6.45) is 0. The Labute approximate surface area is 87.0 Å². The molecule has 0 aliphatic rings. The molecule has 1 aromatic rings. The average molecular weight is 212 g/mol. The number of rotatable bonds is 2. The topological polar surface area (TPSA) is 69.2 Å². The molecule has 0 bridgehead atoms. The Morgan fingerprint density at radius 3 is 2.33 bits per heavy atom. The number of benzene rings is 1. The van der Waals surface area contributed by atoms with Crippen LogP contribution in [0.1, 0.15) is 22.3 Å². The number of nitrogens with zero attached hydrogens (tertiary/aromatic N) is 1. The van der Waals surface area contributed by atoms with Gasteiger partial charge in [0.2, 0.25) is 0 Å². The first kappa shape index (κ1) is 11.6. The van der Waals surface area contributed by atoms with E-state index in [1.807, 2.05) is 6.92 Å². The van der Waals surface area contributed by atoms with E-state index in [2.05, 4.69) is 0 Å². The maximum absolute atomic E-state index is 13.6. The molecule has 1 unspecified atom stereocenters. The van der Waals surface area contributed by atoms with Gasteiger partial charge in [0.1, 0.15) is 0 Å². The van der Waals surface area contributed by atoms with Gasteiger partial charge in [0.05, 0.1) is 10.5 Å². The van der Waals surface area contributed by atoms with Crippen LogP contribution in [0.2, 0.25) is 0 Å². The summed E-state index contributed by atoms with van der Waals surface area (Å²) in [6, 6.07) is 2.99. The summed E-state index contributed by atoms with van der Waals surface area (Å²) >= 11 is 0.